The highest BCUT2D eigenvalue weighted by molar-refractivity contribution is 5.94. The van der Waals surface area contributed by atoms with Crippen molar-refractivity contribution in [2.75, 3.05) is 44.7 Å². The van der Waals surface area contributed by atoms with E-state index in [1.165, 1.54) is 0 Å². The molecule has 0 radical (unpaired) electrons. The molecular weight excluding hydrogens is 406 g/mol. The number of aliphatic hydroxyl groups is 1. The van der Waals surface area contributed by atoms with Crippen LogP contribution in [0.3, 0.4) is 0 Å². The molecule has 168 valence electrons. The predicted octanol–water partition coefficient (Wildman–Crippen LogP) is 1.99. The first-order valence-electron chi connectivity index (χ1n) is 10.8. The quantitative estimate of drug-likeness (QED) is 0.585. The van der Waals surface area contributed by atoms with E-state index in [-0.39, 0.29) is 12.5 Å². The second-order valence-electron chi connectivity index (χ2n) is 8.40. The number of amides is 1. The predicted molar refractivity (Wildman–Crippen MR) is 124 cm³/mol. The first-order valence-corrected chi connectivity index (χ1v) is 10.8. The summed E-state index contributed by atoms with van der Waals surface area (Å²) in [4.78, 5) is 25.5. The summed E-state index contributed by atoms with van der Waals surface area (Å²) in [6.45, 7) is 4.11. The molecule has 1 aromatic carbocycles. The fourth-order valence-electron chi connectivity index (χ4n) is 4.26. The van der Waals surface area contributed by atoms with Gasteiger partial charge in [-0.05, 0) is 43.7 Å². The van der Waals surface area contributed by atoms with Crippen LogP contribution in [0.25, 0.3) is 10.9 Å². The molecule has 1 atom stereocenters. The molecule has 8 nitrogen and oxygen atoms in total. The van der Waals surface area contributed by atoms with Gasteiger partial charge in [-0.2, -0.15) is 0 Å². The number of aryl methyl sites for hydroxylation is 1. The van der Waals surface area contributed by atoms with Crippen molar-refractivity contribution in [1.82, 2.24) is 14.9 Å². The third-order valence-corrected chi connectivity index (χ3v) is 5.74. The minimum atomic E-state index is -1.01. The lowest BCUT2D eigenvalue weighted by Gasteiger charge is -2.30. The highest BCUT2D eigenvalue weighted by Gasteiger charge is 2.38. The average Bonchev–Trinajstić information content (AvgIpc) is 3.18. The van der Waals surface area contributed by atoms with Gasteiger partial charge in [0.25, 0.3) is 5.91 Å². The highest BCUT2D eigenvalue weighted by Crippen LogP contribution is 2.32. The molecule has 0 bridgehead atoms. The maximum absolute atomic E-state index is 13.0. The van der Waals surface area contributed by atoms with E-state index in [2.05, 4.69) is 14.9 Å². The summed E-state index contributed by atoms with van der Waals surface area (Å²) >= 11 is 0. The van der Waals surface area contributed by atoms with Gasteiger partial charge in [0.05, 0.1) is 12.1 Å². The molecule has 3 aromatic rings. The zero-order chi connectivity index (χ0) is 22.7. The average molecular weight is 436 g/mol. The second-order valence-corrected chi connectivity index (χ2v) is 8.40. The summed E-state index contributed by atoms with van der Waals surface area (Å²) in [5.74, 6) is 0.443. The second kappa shape index (κ2) is 9.10. The maximum atomic E-state index is 13.0. The van der Waals surface area contributed by atoms with Gasteiger partial charge in [0.1, 0.15) is 18.0 Å². The number of likely N-dealkylation sites (N-methyl/N-ethyl adjacent to an activating group) is 1. The topological polar surface area (TPSA) is 105 Å². The number of nitrogens with two attached hydrogens (primary N) is 1. The standard InChI is InChI=1S/C24H29N5O3/c1-17-12-22(20-14-26-9-6-21(20)27-17)29-10-7-24(31,16-29)15-28(2)23(30)18-4-3-5-19(13-18)32-11-8-25/h3-6,9,12-14,31H,7-8,10-11,15-16,25H2,1-2H3. The van der Waals surface area contributed by atoms with Crippen molar-refractivity contribution in [3.8, 4) is 5.75 Å². The summed E-state index contributed by atoms with van der Waals surface area (Å²) in [7, 11) is 1.71. The highest BCUT2D eigenvalue weighted by atomic mass is 16.5. The fraction of sp³-hybridized carbons (Fsp3) is 0.375. The van der Waals surface area contributed by atoms with Crippen LogP contribution >= 0.6 is 0 Å². The molecule has 3 heterocycles. The monoisotopic (exact) mass is 435 g/mol. The molecule has 1 amide bonds. The van der Waals surface area contributed by atoms with Crippen LogP contribution in [0.4, 0.5) is 5.69 Å². The van der Waals surface area contributed by atoms with E-state index in [4.69, 9.17) is 10.5 Å². The number of fused-ring (bicyclic) bond motifs is 1. The molecule has 8 heteroatoms. The van der Waals surface area contributed by atoms with E-state index in [1.807, 2.05) is 25.3 Å². The Labute approximate surface area is 187 Å². The van der Waals surface area contributed by atoms with Gasteiger partial charge in [-0.3, -0.25) is 14.8 Å². The van der Waals surface area contributed by atoms with Crippen molar-refractivity contribution in [3.63, 3.8) is 0 Å². The van der Waals surface area contributed by atoms with Crippen molar-refractivity contribution < 1.29 is 14.6 Å². The number of aromatic nitrogens is 2. The van der Waals surface area contributed by atoms with Crippen LogP contribution in [0.15, 0.2) is 48.8 Å². The minimum absolute atomic E-state index is 0.163. The van der Waals surface area contributed by atoms with E-state index in [0.717, 1.165) is 22.3 Å². The van der Waals surface area contributed by atoms with E-state index in [0.29, 0.717) is 44.0 Å². The fourth-order valence-corrected chi connectivity index (χ4v) is 4.26. The summed E-state index contributed by atoms with van der Waals surface area (Å²) in [6.07, 6.45) is 4.10. The third-order valence-electron chi connectivity index (χ3n) is 5.74. The van der Waals surface area contributed by atoms with Gasteiger partial charge in [-0.25, -0.2) is 0 Å². The van der Waals surface area contributed by atoms with E-state index in [9.17, 15) is 9.90 Å². The Kier molecular flexibility index (Phi) is 6.25. The molecule has 0 spiro atoms. The molecule has 3 N–H and O–H groups in total. The van der Waals surface area contributed by atoms with Crippen LogP contribution in [-0.4, -0.2) is 71.3 Å². The molecule has 1 aliphatic heterocycles. The Hall–Kier alpha value is -3.23. The molecule has 1 unspecified atom stereocenters. The molecule has 4 rings (SSSR count). The van der Waals surface area contributed by atoms with Crippen molar-refractivity contribution >= 4 is 22.5 Å². The smallest absolute Gasteiger partial charge is 0.253 e. The number of carbonyl (C=O) groups excluding carboxylic acids is 1. The number of ether oxygens (including phenoxy) is 1. The molecule has 1 fully saturated rings. The number of β-amino-alcohol motifs (C(OH)–C–C–N with tert-alkyl or cyclic N) is 1. The van der Waals surface area contributed by atoms with Crippen LogP contribution in [0, 0.1) is 6.92 Å². The Bertz CT molecular complexity index is 1120. The molecule has 32 heavy (non-hydrogen) atoms. The number of anilines is 1. The lowest BCUT2D eigenvalue weighted by molar-refractivity contribution is 0.0264. The Morgan fingerprint density at radius 2 is 2.19 bits per heavy atom. The van der Waals surface area contributed by atoms with E-state index >= 15 is 0 Å². The number of hydrogen-bond acceptors (Lipinski definition) is 7. The first-order chi connectivity index (χ1) is 15.4. The van der Waals surface area contributed by atoms with Gasteiger partial charge >= 0.3 is 0 Å². The first kappa shape index (κ1) is 22.0. The SMILES string of the molecule is Cc1cc(N2CCC(O)(CN(C)C(=O)c3cccc(OCCN)c3)C2)c2cnccc2n1. The molecular formula is C24H29N5O3. The number of hydrogen-bond donors (Lipinski definition) is 2. The number of nitrogens with zero attached hydrogens (tertiary/aromatic N) is 4. The maximum Gasteiger partial charge on any atom is 0.253 e. The molecule has 2 aromatic heterocycles. The zero-order valence-electron chi connectivity index (χ0n) is 18.5. The molecule has 1 saturated heterocycles. The van der Waals surface area contributed by atoms with Gasteiger partial charge in [-0.1, -0.05) is 6.07 Å². The van der Waals surface area contributed by atoms with Crippen molar-refractivity contribution in [3.05, 3.63) is 60.0 Å². The molecule has 0 aliphatic carbocycles. The number of pyridine rings is 2. The van der Waals surface area contributed by atoms with Gasteiger partial charge in [0.15, 0.2) is 0 Å². The molecule has 1 aliphatic rings. The van der Waals surface area contributed by atoms with Crippen LogP contribution < -0.4 is 15.4 Å². The lowest BCUT2D eigenvalue weighted by Crippen LogP contribution is -2.45. The number of carbonyl (C=O) groups is 1. The van der Waals surface area contributed by atoms with Gasteiger partial charge in [0, 0.05) is 61.4 Å². The van der Waals surface area contributed by atoms with Crippen LogP contribution in [0.5, 0.6) is 5.75 Å². The van der Waals surface area contributed by atoms with E-state index < -0.39 is 5.60 Å². The van der Waals surface area contributed by atoms with E-state index in [1.54, 1.807) is 42.4 Å². The van der Waals surface area contributed by atoms with Crippen molar-refractivity contribution in [1.29, 1.82) is 0 Å². The third kappa shape index (κ3) is 4.66. The summed E-state index contributed by atoms with van der Waals surface area (Å²) < 4.78 is 5.52. The van der Waals surface area contributed by atoms with Crippen LogP contribution in [-0.2, 0) is 0 Å². The minimum Gasteiger partial charge on any atom is -0.492 e. The summed E-state index contributed by atoms with van der Waals surface area (Å²) in [5, 5.41) is 12.3. The Morgan fingerprint density at radius 1 is 1.34 bits per heavy atom. The van der Waals surface area contributed by atoms with Crippen LogP contribution in [0.2, 0.25) is 0 Å². The normalized spacial score (nSPS) is 18.2. The van der Waals surface area contributed by atoms with Gasteiger partial charge < -0.3 is 25.4 Å². The zero-order valence-corrected chi connectivity index (χ0v) is 18.5. The largest absolute Gasteiger partial charge is 0.492 e. The lowest BCUT2D eigenvalue weighted by atomic mass is 10.0. The van der Waals surface area contributed by atoms with Crippen LogP contribution in [0.1, 0.15) is 22.5 Å². The van der Waals surface area contributed by atoms with Gasteiger partial charge in [-0.15, -0.1) is 0 Å². The Morgan fingerprint density at radius 3 is 3.00 bits per heavy atom. The van der Waals surface area contributed by atoms with Crippen molar-refractivity contribution in [2.45, 2.75) is 18.9 Å². The molecule has 0 saturated carbocycles. The summed E-state index contributed by atoms with van der Waals surface area (Å²) in [6, 6.07) is 11.0. The summed E-state index contributed by atoms with van der Waals surface area (Å²) in [5.41, 5.74) is 7.80. The number of rotatable bonds is 7. The Balaban J connectivity index is 1.47. The number of benzene rings is 1. The van der Waals surface area contributed by atoms with Gasteiger partial charge in [0.2, 0.25) is 0 Å². The van der Waals surface area contributed by atoms with Crippen molar-refractivity contribution in [2.24, 2.45) is 5.73 Å².